The average molecular weight is 265 g/mol. The minimum atomic E-state index is -3.47. The van der Waals surface area contributed by atoms with E-state index in [2.05, 4.69) is 17.9 Å². The van der Waals surface area contributed by atoms with Crippen molar-refractivity contribution in [2.24, 2.45) is 0 Å². The molecule has 0 bridgehead atoms. The number of benzene rings is 1. The molecule has 98 valence electrons. The van der Waals surface area contributed by atoms with Crippen LogP contribution in [-0.4, -0.2) is 14.5 Å². The van der Waals surface area contributed by atoms with Crippen LogP contribution >= 0.6 is 0 Å². The van der Waals surface area contributed by atoms with Gasteiger partial charge in [-0.25, -0.2) is 13.1 Å². The highest BCUT2D eigenvalue weighted by molar-refractivity contribution is 7.89. The second-order valence-electron chi connectivity index (χ2n) is 4.18. The van der Waals surface area contributed by atoms with Gasteiger partial charge in [0.15, 0.2) is 0 Å². The van der Waals surface area contributed by atoms with E-state index in [1.54, 1.807) is 36.4 Å². The highest BCUT2D eigenvalue weighted by atomic mass is 32.2. The first-order valence-electron chi connectivity index (χ1n) is 5.80. The maximum absolute atomic E-state index is 12.1. The smallest absolute Gasteiger partial charge is 0.207 e. The maximum Gasteiger partial charge on any atom is 0.240 e. The molecule has 0 spiro atoms. The summed E-state index contributed by atoms with van der Waals surface area (Å²) >= 11 is 0. The minimum Gasteiger partial charge on any atom is -0.207 e. The number of hydrogen-bond acceptors (Lipinski definition) is 2. The Kier molecular flexibility index (Phi) is 5.31. The molecule has 0 unspecified atom stereocenters. The van der Waals surface area contributed by atoms with E-state index in [4.69, 9.17) is 0 Å². The summed E-state index contributed by atoms with van der Waals surface area (Å²) in [6.45, 7) is 9.17. The molecule has 0 fully saturated rings. The van der Waals surface area contributed by atoms with Gasteiger partial charge in [-0.1, -0.05) is 29.8 Å². The Bertz CT molecular complexity index is 493. The van der Waals surface area contributed by atoms with E-state index in [9.17, 15) is 8.42 Å². The molecule has 1 aromatic rings. The van der Waals surface area contributed by atoms with E-state index >= 15 is 0 Å². The van der Waals surface area contributed by atoms with Gasteiger partial charge in [0.1, 0.15) is 0 Å². The second kappa shape index (κ2) is 6.52. The van der Waals surface area contributed by atoms with Crippen LogP contribution in [-0.2, 0) is 10.0 Å². The molecule has 1 aromatic carbocycles. The zero-order chi connectivity index (χ0) is 13.6. The van der Waals surface area contributed by atoms with Crippen molar-refractivity contribution in [1.82, 2.24) is 4.72 Å². The van der Waals surface area contributed by atoms with Crippen molar-refractivity contribution in [3.8, 4) is 0 Å². The summed E-state index contributed by atoms with van der Waals surface area (Å²) in [6, 6.07) is 6.59. The van der Waals surface area contributed by atoms with Crippen molar-refractivity contribution in [3.05, 3.63) is 55.1 Å². The van der Waals surface area contributed by atoms with Crippen molar-refractivity contribution in [1.29, 1.82) is 0 Å². The Balaban J connectivity index is 2.88. The zero-order valence-electron chi connectivity index (χ0n) is 10.6. The van der Waals surface area contributed by atoms with Gasteiger partial charge >= 0.3 is 0 Å². The SMILES string of the molecule is C=CCC(CC=C)NS(=O)(=O)c1ccc(C)cc1. The summed E-state index contributed by atoms with van der Waals surface area (Å²) in [5.74, 6) is 0. The molecule has 3 nitrogen and oxygen atoms in total. The highest BCUT2D eigenvalue weighted by Crippen LogP contribution is 2.12. The Morgan fingerprint density at radius 2 is 1.67 bits per heavy atom. The third-order valence-electron chi connectivity index (χ3n) is 2.56. The molecule has 0 aliphatic rings. The van der Waals surface area contributed by atoms with Crippen LogP contribution < -0.4 is 4.72 Å². The number of nitrogens with one attached hydrogen (secondary N) is 1. The molecule has 0 saturated heterocycles. The lowest BCUT2D eigenvalue weighted by Gasteiger charge is -2.15. The first-order chi connectivity index (χ1) is 8.49. The van der Waals surface area contributed by atoms with Gasteiger partial charge in [0.2, 0.25) is 10.0 Å². The van der Waals surface area contributed by atoms with Gasteiger partial charge in [-0.3, -0.25) is 0 Å². The van der Waals surface area contributed by atoms with Gasteiger partial charge in [0.25, 0.3) is 0 Å². The standard InChI is InChI=1S/C14H19NO2S/c1-4-6-13(7-5-2)15-18(16,17)14-10-8-12(3)9-11-14/h4-5,8-11,13,15H,1-2,6-7H2,3H3. The molecule has 1 N–H and O–H groups in total. The van der Waals surface area contributed by atoms with E-state index in [0.717, 1.165) is 5.56 Å². The summed E-state index contributed by atoms with van der Waals surface area (Å²) in [7, 11) is -3.47. The van der Waals surface area contributed by atoms with Crippen molar-refractivity contribution >= 4 is 10.0 Å². The van der Waals surface area contributed by atoms with E-state index in [0.29, 0.717) is 12.8 Å². The van der Waals surface area contributed by atoms with E-state index in [1.807, 2.05) is 6.92 Å². The molecular formula is C14H19NO2S. The number of aryl methyl sites for hydroxylation is 1. The third-order valence-corrected chi connectivity index (χ3v) is 4.09. The third kappa shape index (κ3) is 4.13. The Morgan fingerprint density at radius 3 is 2.11 bits per heavy atom. The lowest BCUT2D eigenvalue weighted by atomic mass is 10.1. The second-order valence-corrected chi connectivity index (χ2v) is 5.89. The average Bonchev–Trinajstić information content (AvgIpc) is 2.29. The molecule has 0 heterocycles. The highest BCUT2D eigenvalue weighted by Gasteiger charge is 2.18. The normalized spacial score (nSPS) is 11.4. The molecule has 4 heteroatoms. The molecule has 0 saturated carbocycles. The van der Waals surface area contributed by atoms with Gasteiger partial charge in [0.05, 0.1) is 4.90 Å². The lowest BCUT2D eigenvalue weighted by molar-refractivity contribution is 0.550. The molecule has 0 aromatic heterocycles. The fourth-order valence-corrected chi connectivity index (χ4v) is 2.86. The van der Waals surface area contributed by atoms with Crippen LogP contribution in [0.4, 0.5) is 0 Å². The molecule has 0 amide bonds. The molecule has 0 atom stereocenters. The number of sulfonamides is 1. The predicted octanol–water partition coefficient (Wildman–Crippen LogP) is 2.79. The van der Waals surface area contributed by atoms with Crippen molar-refractivity contribution in [2.75, 3.05) is 0 Å². The Morgan fingerprint density at radius 1 is 1.17 bits per heavy atom. The van der Waals surface area contributed by atoms with Crippen LogP contribution in [0, 0.1) is 6.92 Å². The summed E-state index contributed by atoms with van der Waals surface area (Å²) in [6.07, 6.45) is 4.56. The maximum atomic E-state index is 12.1. The van der Waals surface area contributed by atoms with E-state index in [-0.39, 0.29) is 10.9 Å². The van der Waals surface area contributed by atoms with Crippen LogP contribution in [0.1, 0.15) is 18.4 Å². The zero-order valence-corrected chi connectivity index (χ0v) is 11.4. The summed E-state index contributed by atoms with van der Waals surface area (Å²) in [5, 5.41) is 0. The first kappa shape index (κ1) is 14.7. The summed E-state index contributed by atoms with van der Waals surface area (Å²) in [5.41, 5.74) is 1.03. The van der Waals surface area contributed by atoms with Gasteiger partial charge < -0.3 is 0 Å². The van der Waals surface area contributed by atoms with Crippen molar-refractivity contribution in [3.63, 3.8) is 0 Å². The molecule has 0 aliphatic heterocycles. The number of hydrogen-bond donors (Lipinski definition) is 1. The largest absolute Gasteiger partial charge is 0.240 e. The topological polar surface area (TPSA) is 46.2 Å². The van der Waals surface area contributed by atoms with Crippen molar-refractivity contribution in [2.45, 2.75) is 30.7 Å². The summed E-state index contributed by atoms with van der Waals surface area (Å²) in [4.78, 5) is 0.284. The molecule has 0 radical (unpaired) electrons. The molecule has 0 aliphatic carbocycles. The van der Waals surface area contributed by atoms with Crippen LogP contribution in [0.25, 0.3) is 0 Å². The van der Waals surface area contributed by atoms with E-state index in [1.165, 1.54) is 0 Å². The Labute approximate surface area is 109 Å². The van der Waals surface area contributed by atoms with E-state index < -0.39 is 10.0 Å². The molecule has 18 heavy (non-hydrogen) atoms. The molecule has 1 rings (SSSR count). The van der Waals surface area contributed by atoms with Crippen LogP contribution in [0.15, 0.2) is 54.5 Å². The van der Waals surface area contributed by atoms with Gasteiger partial charge in [-0.05, 0) is 31.9 Å². The van der Waals surface area contributed by atoms with Gasteiger partial charge in [-0.2, -0.15) is 0 Å². The minimum absolute atomic E-state index is 0.189. The van der Waals surface area contributed by atoms with Crippen molar-refractivity contribution < 1.29 is 8.42 Å². The van der Waals surface area contributed by atoms with Crippen LogP contribution in [0.5, 0.6) is 0 Å². The monoisotopic (exact) mass is 265 g/mol. The van der Waals surface area contributed by atoms with Gasteiger partial charge in [0, 0.05) is 6.04 Å². The first-order valence-corrected chi connectivity index (χ1v) is 7.28. The lowest BCUT2D eigenvalue weighted by Crippen LogP contribution is -2.34. The fourth-order valence-electron chi connectivity index (χ4n) is 1.60. The molecular weight excluding hydrogens is 246 g/mol. The van der Waals surface area contributed by atoms with Crippen LogP contribution in [0.3, 0.4) is 0 Å². The predicted molar refractivity (Wildman–Crippen MR) is 74.9 cm³/mol. The van der Waals surface area contributed by atoms with Gasteiger partial charge in [-0.15, -0.1) is 13.2 Å². The summed E-state index contributed by atoms with van der Waals surface area (Å²) < 4.78 is 26.9. The number of rotatable bonds is 7. The van der Waals surface area contributed by atoms with Crippen LogP contribution in [0.2, 0.25) is 0 Å². The Hall–Kier alpha value is -1.39. The quantitative estimate of drug-likeness (QED) is 0.771. The fraction of sp³-hybridized carbons (Fsp3) is 0.286.